The molecule has 0 saturated heterocycles. The highest BCUT2D eigenvalue weighted by molar-refractivity contribution is 5.00. The van der Waals surface area contributed by atoms with Gasteiger partial charge >= 0.3 is 0 Å². The molecule has 2 fully saturated rings. The summed E-state index contributed by atoms with van der Waals surface area (Å²) in [6.07, 6.45) is 8.10. The topological polar surface area (TPSA) is 38.0 Å². The number of rotatable bonds is 4. The van der Waals surface area contributed by atoms with E-state index in [9.17, 15) is 0 Å². The molecule has 0 spiro atoms. The van der Waals surface area contributed by atoms with Crippen LogP contribution in [0.1, 0.15) is 52.4 Å². The molecule has 2 nitrogen and oxygen atoms in total. The summed E-state index contributed by atoms with van der Waals surface area (Å²) < 4.78 is 0. The fourth-order valence-corrected chi connectivity index (χ4v) is 2.59. The van der Waals surface area contributed by atoms with Crippen molar-refractivity contribution in [2.75, 3.05) is 13.1 Å². The monoisotopic (exact) mass is 210 g/mol. The Morgan fingerprint density at radius 3 is 2.27 bits per heavy atom. The lowest BCUT2D eigenvalue weighted by Gasteiger charge is -2.39. The van der Waals surface area contributed by atoms with Crippen molar-refractivity contribution in [3.63, 3.8) is 0 Å². The average molecular weight is 210 g/mol. The number of nitrogens with two attached hydrogens (primary N) is 1. The molecule has 88 valence electrons. The van der Waals surface area contributed by atoms with E-state index in [0.29, 0.717) is 11.0 Å². The third-order valence-electron chi connectivity index (χ3n) is 4.66. The maximum absolute atomic E-state index is 5.99. The summed E-state index contributed by atoms with van der Waals surface area (Å²) in [7, 11) is 0. The van der Waals surface area contributed by atoms with Crippen molar-refractivity contribution in [2.24, 2.45) is 17.1 Å². The first kappa shape index (κ1) is 11.4. The summed E-state index contributed by atoms with van der Waals surface area (Å²) in [5, 5.41) is 3.73. The fraction of sp³-hybridized carbons (Fsp3) is 1.00. The van der Waals surface area contributed by atoms with Gasteiger partial charge in [-0.2, -0.15) is 0 Å². The maximum Gasteiger partial charge on any atom is 0.0154 e. The van der Waals surface area contributed by atoms with E-state index in [2.05, 4.69) is 19.2 Å². The van der Waals surface area contributed by atoms with Gasteiger partial charge in [-0.25, -0.2) is 0 Å². The largest absolute Gasteiger partial charge is 0.330 e. The van der Waals surface area contributed by atoms with Gasteiger partial charge in [0.15, 0.2) is 0 Å². The van der Waals surface area contributed by atoms with Crippen molar-refractivity contribution in [3.8, 4) is 0 Å². The predicted molar refractivity (Wildman–Crippen MR) is 64.8 cm³/mol. The zero-order chi connectivity index (χ0) is 10.9. The molecule has 2 saturated carbocycles. The fourth-order valence-electron chi connectivity index (χ4n) is 2.59. The molecule has 0 heterocycles. The second kappa shape index (κ2) is 4.06. The van der Waals surface area contributed by atoms with E-state index in [1.807, 2.05) is 0 Å². The highest BCUT2D eigenvalue weighted by Crippen LogP contribution is 2.40. The van der Waals surface area contributed by atoms with Gasteiger partial charge in [0, 0.05) is 12.1 Å². The molecular weight excluding hydrogens is 184 g/mol. The van der Waals surface area contributed by atoms with E-state index in [4.69, 9.17) is 5.73 Å². The molecule has 2 heteroatoms. The van der Waals surface area contributed by atoms with Crippen LogP contribution >= 0.6 is 0 Å². The Bertz CT molecular complexity index is 213. The molecule has 0 aliphatic heterocycles. The number of hydrogen-bond donors (Lipinski definition) is 2. The molecule has 0 amide bonds. The van der Waals surface area contributed by atoms with Crippen LogP contribution in [-0.4, -0.2) is 18.6 Å². The van der Waals surface area contributed by atoms with E-state index >= 15 is 0 Å². The molecule has 0 aromatic rings. The first-order valence-electron chi connectivity index (χ1n) is 6.53. The van der Waals surface area contributed by atoms with Crippen molar-refractivity contribution in [1.82, 2.24) is 5.32 Å². The summed E-state index contributed by atoms with van der Waals surface area (Å²) in [6.45, 7) is 6.72. The van der Waals surface area contributed by atoms with Crippen molar-refractivity contribution >= 4 is 0 Å². The van der Waals surface area contributed by atoms with Gasteiger partial charge in [0.1, 0.15) is 0 Å². The Hall–Kier alpha value is -0.0800. The molecule has 15 heavy (non-hydrogen) atoms. The molecule has 2 aliphatic carbocycles. The first-order chi connectivity index (χ1) is 7.08. The van der Waals surface area contributed by atoms with Gasteiger partial charge in [0.25, 0.3) is 0 Å². The summed E-state index contributed by atoms with van der Waals surface area (Å²) in [5.41, 5.74) is 6.87. The van der Waals surface area contributed by atoms with Crippen LogP contribution in [0, 0.1) is 11.3 Å². The lowest BCUT2D eigenvalue weighted by Crippen LogP contribution is -2.46. The van der Waals surface area contributed by atoms with Gasteiger partial charge in [0.2, 0.25) is 0 Å². The molecule has 3 N–H and O–H groups in total. The summed E-state index contributed by atoms with van der Waals surface area (Å²) >= 11 is 0. The number of nitrogens with one attached hydrogen (secondary N) is 1. The highest BCUT2D eigenvalue weighted by Gasteiger charge is 2.40. The standard InChI is InChI=1S/C13H26N2/c1-11-3-5-13(9-14,6-4-11)10-15-12(2)7-8-12/h11,15H,3-10,14H2,1-2H3. The van der Waals surface area contributed by atoms with Gasteiger partial charge in [-0.05, 0) is 50.5 Å². The number of hydrogen-bond acceptors (Lipinski definition) is 2. The molecule has 2 rings (SSSR count). The molecule has 0 radical (unpaired) electrons. The SMILES string of the molecule is CC1CCC(CN)(CNC2(C)CC2)CC1. The van der Waals surface area contributed by atoms with Crippen molar-refractivity contribution in [1.29, 1.82) is 0 Å². The quantitative estimate of drug-likeness (QED) is 0.747. The Balaban J connectivity index is 1.84. The molecule has 0 aromatic heterocycles. The second-order valence-corrected chi connectivity index (χ2v) is 6.30. The molecule has 0 aromatic carbocycles. The van der Waals surface area contributed by atoms with Gasteiger partial charge in [-0.1, -0.05) is 19.8 Å². The minimum atomic E-state index is 0.415. The van der Waals surface area contributed by atoms with Crippen LogP contribution in [0.25, 0.3) is 0 Å². The Labute approximate surface area is 94.0 Å². The van der Waals surface area contributed by atoms with Crippen LogP contribution in [0.5, 0.6) is 0 Å². The average Bonchev–Trinajstić information content (AvgIpc) is 2.98. The second-order valence-electron chi connectivity index (χ2n) is 6.30. The van der Waals surface area contributed by atoms with Crippen LogP contribution < -0.4 is 11.1 Å². The van der Waals surface area contributed by atoms with E-state index in [-0.39, 0.29) is 0 Å². The van der Waals surface area contributed by atoms with Crippen LogP contribution in [0.2, 0.25) is 0 Å². The third-order valence-corrected chi connectivity index (χ3v) is 4.66. The highest BCUT2D eigenvalue weighted by atomic mass is 15.0. The molecular formula is C13H26N2. The van der Waals surface area contributed by atoms with Crippen LogP contribution in [0.3, 0.4) is 0 Å². The smallest absolute Gasteiger partial charge is 0.0154 e. The minimum Gasteiger partial charge on any atom is -0.330 e. The third kappa shape index (κ3) is 2.73. The molecule has 0 atom stereocenters. The minimum absolute atomic E-state index is 0.415. The van der Waals surface area contributed by atoms with Crippen molar-refractivity contribution < 1.29 is 0 Å². The van der Waals surface area contributed by atoms with E-state index < -0.39 is 0 Å². The first-order valence-corrected chi connectivity index (χ1v) is 6.53. The van der Waals surface area contributed by atoms with Gasteiger partial charge in [0.05, 0.1) is 0 Å². The maximum atomic E-state index is 5.99. The summed E-state index contributed by atoms with van der Waals surface area (Å²) in [6, 6.07) is 0. The normalized spacial score (nSPS) is 39.0. The lowest BCUT2D eigenvalue weighted by atomic mass is 9.70. The van der Waals surface area contributed by atoms with Gasteiger partial charge < -0.3 is 11.1 Å². The zero-order valence-corrected chi connectivity index (χ0v) is 10.3. The van der Waals surface area contributed by atoms with Gasteiger partial charge in [-0.15, -0.1) is 0 Å². The lowest BCUT2D eigenvalue weighted by molar-refractivity contribution is 0.153. The predicted octanol–water partition coefficient (Wildman–Crippen LogP) is 2.28. The van der Waals surface area contributed by atoms with Crippen LogP contribution in [0.15, 0.2) is 0 Å². The van der Waals surface area contributed by atoms with E-state index in [1.54, 1.807) is 0 Å². The Kier molecular flexibility index (Phi) is 3.09. The summed E-state index contributed by atoms with van der Waals surface area (Å²) in [4.78, 5) is 0. The Morgan fingerprint density at radius 2 is 1.80 bits per heavy atom. The van der Waals surface area contributed by atoms with Crippen molar-refractivity contribution in [2.45, 2.75) is 57.9 Å². The van der Waals surface area contributed by atoms with Crippen LogP contribution in [0.4, 0.5) is 0 Å². The Morgan fingerprint density at radius 1 is 1.20 bits per heavy atom. The van der Waals surface area contributed by atoms with Crippen LogP contribution in [-0.2, 0) is 0 Å². The molecule has 0 bridgehead atoms. The van der Waals surface area contributed by atoms with Gasteiger partial charge in [-0.3, -0.25) is 0 Å². The van der Waals surface area contributed by atoms with E-state index in [0.717, 1.165) is 19.0 Å². The van der Waals surface area contributed by atoms with Crippen molar-refractivity contribution in [3.05, 3.63) is 0 Å². The zero-order valence-electron chi connectivity index (χ0n) is 10.3. The summed E-state index contributed by atoms with van der Waals surface area (Å²) in [5.74, 6) is 0.918. The molecule has 0 unspecified atom stereocenters. The molecule has 2 aliphatic rings. The van der Waals surface area contributed by atoms with E-state index in [1.165, 1.54) is 38.5 Å².